The summed E-state index contributed by atoms with van der Waals surface area (Å²) in [6.07, 6.45) is -4.52. The van der Waals surface area contributed by atoms with Crippen molar-refractivity contribution in [3.63, 3.8) is 0 Å². The van der Waals surface area contributed by atoms with Gasteiger partial charge in [0.15, 0.2) is 11.8 Å². The van der Waals surface area contributed by atoms with Crippen molar-refractivity contribution in [3.05, 3.63) is 35.4 Å². The Morgan fingerprint density at radius 2 is 2.06 bits per heavy atom. The second-order valence-electron chi connectivity index (χ2n) is 3.05. The number of carbonyl (C=O) groups is 1. The normalized spacial score (nSPS) is 12.9. The molecule has 0 fully saturated rings. The van der Waals surface area contributed by atoms with Crippen LogP contribution in [0.1, 0.15) is 15.9 Å². The quantitative estimate of drug-likeness (QED) is 0.784. The molecule has 0 spiro atoms. The number of carbonyl (C=O) groups excluding carboxylic acids is 1. The third-order valence-electron chi connectivity index (χ3n) is 1.90. The van der Waals surface area contributed by atoms with Crippen LogP contribution in [-0.4, -0.2) is 11.8 Å². The molecule has 0 amide bonds. The zero-order valence-corrected chi connectivity index (χ0v) is 7.95. The fraction of sp³-hybridized carbons (Fsp3) is 0.200. The van der Waals surface area contributed by atoms with Crippen molar-refractivity contribution in [1.29, 1.82) is 5.26 Å². The molecule has 0 bridgehead atoms. The van der Waals surface area contributed by atoms with Crippen molar-refractivity contribution in [2.24, 2.45) is 5.73 Å². The summed E-state index contributed by atoms with van der Waals surface area (Å²) >= 11 is 0. The number of nitrogens with zero attached hydrogens (tertiary/aromatic N) is 1. The molecule has 6 heteroatoms. The Bertz CT molecular complexity index is 448. The summed E-state index contributed by atoms with van der Waals surface area (Å²) in [4.78, 5) is 11.3. The monoisotopic (exact) mass is 228 g/mol. The van der Waals surface area contributed by atoms with E-state index in [2.05, 4.69) is 0 Å². The highest BCUT2D eigenvalue weighted by Crippen LogP contribution is 2.29. The predicted molar refractivity (Wildman–Crippen MR) is 49.4 cm³/mol. The molecule has 84 valence electrons. The van der Waals surface area contributed by atoms with Gasteiger partial charge in [0.05, 0.1) is 11.6 Å². The third kappa shape index (κ3) is 2.58. The fourth-order valence-corrected chi connectivity index (χ4v) is 1.09. The summed E-state index contributed by atoms with van der Waals surface area (Å²) in [5.41, 5.74) is 3.96. The maximum Gasteiger partial charge on any atom is 0.416 e. The molecule has 0 saturated heterocycles. The van der Waals surface area contributed by atoms with E-state index in [1.807, 2.05) is 0 Å². The molecule has 3 nitrogen and oxygen atoms in total. The van der Waals surface area contributed by atoms with E-state index in [-0.39, 0.29) is 5.56 Å². The molecule has 16 heavy (non-hydrogen) atoms. The third-order valence-corrected chi connectivity index (χ3v) is 1.90. The Balaban J connectivity index is 3.10. The van der Waals surface area contributed by atoms with Crippen LogP contribution < -0.4 is 5.73 Å². The van der Waals surface area contributed by atoms with E-state index >= 15 is 0 Å². The molecule has 0 aliphatic heterocycles. The van der Waals surface area contributed by atoms with Crippen LogP contribution in [0.25, 0.3) is 0 Å². The summed E-state index contributed by atoms with van der Waals surface area (Å²) in [6.45, 7) is 0. The number of hydrogen-bond acceptors (Lipinski definition) is 3. The smallest absolute Gasteiger partial charge is 0.309 e. The van der Waals surface area contributed by atoms with Crippen molar-refractivity contribution < 1.29 is 18.0 Å². The first-order valence-corrected chi connectivity index (χ1v) is 4.23. The van der Waals surface area contributed by atoms with Gasteiger partial charge in [-0.1, -0.05) is 12.1 Å². The summed E-state index contributed by atoms with van der Waals surface area (Å²) in [6, 6.07) is 3.84. The van der Waals surface area contributed by atoms with Gasteiger partial charge >= 0.3 is 6.18 Å². The maximum absolute atomic E-state index is 12.3. The molecule has 0 radical (unpaired) electrons. The molecule has 2 N–H and O–H groups in total. The van der Waals surface area contributed by atoms with Gasteiger partial charge in [0.2, 0.25) is 0 Å². The number of nitrogens with two attached hydrogens (primary N) is 1. The number of benzene rings is 1. The average molecular weight is 228 g/mol. The zero-order chi connectivity index (χ0) is 12.3. The molecule has 0 heterocycles. The highest BCUT2D eigenvalue weighted by Gasteiger charge is 2.31. The van der Waals surface area contributed by atoms with Gasteiger partial charge in [-0.15, -0.1) is 0 Å². The lowest BCUT2D eigenvalue weighted by Gasteiger charge is -2.08. The number of halogens is 3. The van der Waals surface area contributed by atoms with Gasteiger partial charge in [-0.3, -0.25) is 4.79 Å². The minimum Gasteiger partial charge on any atom is -0.309 e. The minimum atomic E-state index is -4.52. The number of nitriles is 1. The molecule has 1 unspecified atom stereocenters. The molecule has 1 aromatic rings. The lowest BCUT2D eigenvalue weighted by molar-refractivity contribution is -0.137. The molecule has 0 aliphatic rings. The first-order valence-electron chi connectivity index (χ1n) is 4.23. The lowest BCUT2D eigenvalue weighted by Crippen LogP contribution is -2.28. The summed E-state index contributed by atoms with van der Waals surface area (Å²) in [5.74, 6) is -0.825. The number of rotatable bonds is 2. The second-order valence-corrected chi connectivity index (χ2v) is 3.05. The number of alkyl halides is 3. The minimum absolute atomic E-state index is 0.219. The Hall–Kier alpha value is -1.87. The Labute approximate surface area is 89.3 Å². The summed E-state index contributed by atoms with van der Waals surface area (Å²) in [5, 5.41) is 8.38. The fourth-order valence-electron chi connectivity index (χ4n) is 1.09. The van der Waals surface area contributed by atoms with E-state index in [1.54, 1.807) is 0 Å². The molecule has 0 aromatic heterocycles. The average Bonchev–Trinajstić information content (AvgIpc) is 2.26. The first-order chi connectivity index (χ1) is 7.36. The molecule has 1 aromatic carbocycles. The number of ketones is 1. The Kier molecular flexibility index (Phi) is 3.30. The molecule has 0 aliphatic carbocycles. The second kappa shape index (κ2) is 4.33. The van der Waals surface area contributed by atoms with Gasteiger partial charge < -0.3 is 5.73 Å². The molecule has 0 saturated carbocycles. The van der Waals surface area contributed by atoms with E-state index in [1.165, 1.54) is 12.1 Å². The van der Waals surface area contributed by atoms with E-state index in [0.717, 1.165) is 12.1 Å². The summed E-state index contributed by atoms with van der Waals surface area (Å²) < 4.78 is 36.9. The SMILES string of the molecule is N#CC(N)C(=O)c1cccc(C(F)(F)F)c1. The van der Waals surface area contributed by atoms with Gasteiger partial charge in [-0.05, 0) is 12.1 Å². The van der Waals surface area contributed by atoms with Gasteiger partial charge in [-0.2, -0.15) is 18.4 Å². The van der Waals surface area contributed by atoms with Crippen LogP contribution in [0.3, 0.4) is 0 Å². The van der Waals surface area contributed by atoms with Crippen LogP contribution in [0.15, 0.2) is 24.3 Å². The van der Waals surface area contributed by atoms with E-state index < -0.39 is 23.6 Å². The standard InChI is InChI=1S/C10H7F3N2O/c11-10(12,13)7-3-1-2-6(4-7)9(16)8(15)5-14/h1-4,8H,15H2. The van der Waals surface area contributed by atoms with Crippen LogP contribution >= 0.6 is 0 Å². The summed E-state index contributed by atoms with van der Waals surface area (Å²) in [7, 11) is 0. The van der Waals surface area contributed by atoms with Crippen molar-refractivity contribution in [2.45, 2.75) is 12.2 Å². The van der Waals surface area contributed by atoms with Crippen molar-refractivity contribution in [2.75, 3.05) is 0 Å². The van der Waals surface area contributed by atoms with Crippen LogP contribution in [0.5, 0.6) is 0 Å². The molecular formula is C10H7F3N2O. The van der Waals surface area contributed by atoms with Gasteiger partial charge in [0, 0.05) is 5.56 Å². The highest BCUT2D eigenvalue weighted by molar-refractivity contribution is 6.01. The zero-order valence-electron chi connectivity index (χ0n) is 7.95. The van der Waals surface area contributed by atoms with Gasteiger partial charge in [0.1, 0.15) is 0 Å². The van der Waals surface area contributed by atoms with E-state index in [0.29, 0.717) is 6.07 Å². The van der Waals surface area contributed by atoms with Crippen molar-refractivity contribution >= 4 is 5.78 Å². The van der Waals surface area contributed by atoms with Crippen LogP contribution in [0.4, 0.5) is 13.2 Å². The predicted octanol–water partition coefficient (Wildman–Crippen LogP) is 1.74. The van der Waals surface area contributed by atoms with E-state index in [9.17, 15) is 18.0 Å². The van der Waals surface area contributed by atoms with Crippen LogP contribution in [-0.2, 0) is 6.18 Å². The number of Topliss-reactive ketones (excluding diaryl/α,β-unsaturated/α-hetero) is 1. The van der Waals surface area contributed by atoms with Gasteiger partial charge in [-0.25, -0.2) is 0 Å². The van der Waals surface area contributed by atoms with Gasteiger partial charge in [0.25, 0.3) is 0 Å². The molecule has 1 atom stereocenters. The van der Waals surface area contributed by atoms with Crippen LogP contribution in [0, 0.1) is 11.3 Å². The van der Waals surface area contributed by atoms with Crippen molar-refractivity contribution in [1.82, 2.24) is 0 Å². The molecular weight excluding hydrogens is 221 g/mol. The van der Waals surface area contributed by atoms with Crippen molar-refractivity contribution in [3.8, 4) is 6.07 Å². The highest BCUT2D eigenvalue weighted by atomic mass is 19.4. The largest absolute Gasteiger partial charge is 0.416 e. The van der Waals surface area contributed by atoms with Crippen LogP contribution in [0.2, 0.25) is 0 Å². The molecule has 1 rings (SSSR count). The first kappa shape index (κ1) is 12.2. The number of hydrogen-bond donors (Lipinski definition) is 1. The Morgan fingerprint density at radius 3 is 2.56 bits per heavy atom. The maximum atomic E-state index is 12.3. The Morgan fingerprint density at radius 1 is 1.44 bits per heavy atom. The lowest BCUT2D eigenvalue weighted by atomic mass is 10.0. The van der Waals surface area contributed by atoms with E-state index in [4.69, 9.17) is 11.0 Å². The topological polar surface area (TPSA) is 66.9 Å².